The van der Waals surface area contributed by atoms with Gasteiger partial charge in [-0.05, 0) is 48.5 Å². The summed E-state index contributed by atoms with van der Waals surface area (Å²) < 4.78 is 6.62. The summed E-state index contributed by atoms with van der Waals surface area (Å²) in [6.07, 6.45) is 5.95. The van der Waals surface area contributed by atoms with Crippen molar-refractivity contribution >= 4 is 34.9 Å². The van der Waals surface area contributed by atoms with Crippen LogP contribution in [0.1, 0.15) is 77.0 Å². The van der Waals surface area contributed by atoms with Crippen molar-refractivity contribution in [1.29, 1.82) is 0 Å². The van der Waals surface area contributed by atoms with Crippen LogP contribution >= 0.6 is 0 Å². The number of anilines is 2. The van der Waals surface area contributed by atoms with Crippen molar-refractivity contribution in [3.8, 4) is 0 Å². The van der Waals surface area contributed by atoms with Gasteiger partial charge in [0.15, 0.2) is 0 Å². The highest BCUT2D eigenvalue weighted by Gasteiger charge is 2.51. The highest BCUT2D eigenvalue weighted by atomic mass is 16.4. The lowest BCUT2D eigenvalue weighted by atomic mass is 9.53. The van der Waals surface area contributed by atoms with Crippen molar-refractivity contribution in [2.24, 2.45) is 11.3 Å². The van der Waals surface area contributed by atoms with E-state index in [0.29, 0.717) is 22.9 Å². The summed E-state index contributed by atoms with van der Waals surface area (Å²) in [5.74, 6) is 1.95. The Labute approximate surface area is 187 Å². The molecule has 3 atom stereocenters. The van der Waals surface area contributed by atoms with E-state index < -0.39 is 7.12 Å². The molecule has 1 fully saturated rings. The number of fused-ring (bicyclic) bond motifs is 5. The SMILES string of the molecule is CC1CC[C@@H]2C(C)(C)CCC[C@@]2(C)c2c1oc1c(B(O)O)c(N(C)C)c(N(C)C)cc21. The highest BCUT2D eigenvalue weighted by Crippen LogP contribution is 2.59. The van der Waals surface area contributed by atoms with Crippen molar-refractivity contribution in [3.63, 3.8) is 0 Å². The number of nitrogens with zero attached hydrogens (tertiary/aromatic N) is 2. The second kappa shape index (κ2) is 7.45. The molecule has 31 heavy (non-hydrogen) atoms. The molecule has 2 aromatic rings. The average Bonchev–Trinajstić information content (AvgIpc) is 2.99. The lowest BCUT2D eigenvalue weighted by molar-refractivity contribution is 0.0504. The van der Waals surface area contributed by atoms with Crippen LogP contribution < -0.4 is 15.3 Å². The van der Waals surface area contributed by atoms with Crippen LogP contribution in [0.3, 0.4) is 0 Å². The minimum atomic E-state index is -1.60. The number of rotatable bonds is 3. The summed E-state index contributed by atoms with van der Waals surface area (Å²) in [6.45, 7) is 9.58. The third kappa shape index (κ3) is 3.29. The maximum Gasteiger partial charge on any atom is 0.494 e. The van der Waals surface area contributed by atoms with Gasteiger partial charge in [0.25, 0.3) is 0 Å². The van der Waals surface area contributed by atoms with Crippen LogP contribution in [0.15, 0.2) is 10.5 Å². The van der Waals surface area contributed by atoms with Crippen molar-refractivity contribution < 1.29 is 14.5 Å². The molecular weight excluding hydrogens is 387 g/mol. The lowest BCUT2D eigenvalue weighted by Gasteiger charge is -2.50. The summed E-state index contributed by atoms with van der Waals surface area (Å²) >= 11 is 0. The molecule has 1 heterocycles. The highest BCUT2D eigenvalue weighted by molar-refractivity contribution is 6.64. The van der Waals surface area contributed by atoms with Gasteiger partial charge in [-0.1, -0.05) is 34.1 Å². The van der Waals surface area contributed by atoms with E-state index in [1.54, 1.807) is 0 Å². The monoisotopic (exact) mass is 426 g/mol. The fourth-order valence-corrected chi connectivity index (χ4v) is 6.92. The van der Waals surface area contributed by atoms with Crippen LogP contribution in [0.2, 0.25) is 0 Å². The molecule has 0 saturated heterocycles. The van der Waals surface area contributed by atoms with E-state index in [2.05, 4.69) is 38.7 Å². The fraction of sp³-hybridized carbons (Fsp3) is 0.680. The third-order valence-corrected chi connectivity index (χ3v) is 8.32. The Bertz CT molecular complexity index is 995. The first-order valence-electron chi connectivity index (χ1n) is 11.7. The maximum absolute atomic E-state index is 10.5. The molecule has 1 saturated carbocycles. The second-order valence-corrected chi connectivity index (χ2v) is 11.3. The number of hydrogen-bond acceptors (Lipinski definition) is 5. The van der Waals surface area contributed by atoms with Gasteiger partial charge in [0.2, 0.25) is 0 Å². The predicted octanol–water partition coefficient (Wildman–Crippen LogP) is 4.23. The Kier molecular flexibility index (Phi) is 5.41. The normalized spacial score (nSPS) is 27.4. The molecule has 6 heteroatoms. The van der Waals surface area contributed by atoms with Crippen LogP contribution in [-0.2, 0) is 5.41 Å². The molecule has 2 N–H and O–H groups in total. The summed E-state index contributed by atoms with van der Waals surface area (Å²) in [4.78, 5) is 4.01. The Morgan fingerprint density at radius 1 is 1.03 bits per heavy atom. The zero-order valence-electron chi connectivity index (χ0n) is 20.5. The standard InChI is InChI=1S/C25H39BN2O3/c1-15-10-11-18-24(2,3)12-9-13-25(18,4)19-16-14-17(27(5)6)21(28(7)8)20(26(29)30)23(16)31-22(15)19/h14-15,18,29-30H,9-13H2,1-8H3/t15?,18-,25-/m1/s1. The molecule has 0 spiro atoms. The molecule has 2 aliphatic rings. The van der Waals surface area contributed by atoms with Gasteiger partial charge in [0.1, 0.15) is 11.3 Å². The molecule has 2 aliphatic carbocycles. The van der Waals surface area contributed by atoms with Crippen molar-refractivity contribution in [3.05, 3.63) is 17.4 Å². The Morgan fingerprint density at radius 3 is 2.29 bits per heavy atom. The molecule has 0 aliphatic heterocycles. The van der Waals surface area contributed by atoms with Gasteiger partial charge in [-0.3, -0.25) is 0 Å². The van der Waals surface area contributed by atoms with Gasteiger partial charge in [-0.15, -0.1) is 0 Å². The van der Waals surface area contributed by atoms with Gasteiger partial charge < -0.3 is 24.3 Å². The van der Waals surface area contributed by atoms with E-state index in [0.717, 1.165) is 35.4 Å². The van der Waals surface area contributed by atoms with Crippen molar-refractivity contribution in [1.82, 2.24) is 0 Å². The van der Waals surface area contributed by atoms with Crippen LogP contribution in [0.25, 0.3) is 11.0 Å². The van der Waals surface area contributed by atoms with Gasteiger partial charge in [0, 0.05) is 45.1 Å². The van der Waals surface area contributed by atoms with Gasteiger partial charge in [0.05, 0.1) is 16.8 Å². The predicted molar refractivity (Wildman–Crippen MR) is 131 cm³/mol. The number of furan rings is 1. The minimum absolute atomic E-state index is 0.0218. The third-order valence-electron chi connectivity index (χ3n) is 8.32. The second-order valence-electron chi connectivity index (χ2n) is 11.3. The maximum atomic E-state index is 10.5. The van der Waals surface area contributed by atoms with Gasteiger partial charge >= 0.3 is 7.12 Å². The van der Waals surface area contributed by atoms with Crippen molar-refractivity contribution in [2.75, 3.05) is 38.0 Å². The summed E-state index contributed by atoms with van der Waals surface area (Å²) in [5.41, 5.74) is 4.53. The first-order chi connectivity index (χ1) is 14.4. The number of benzene rings is 1. The van der Waals surface area contributed by atoms with E-state index in [9.17, 15) is 10.0 Å². The van der Waals surface area contributed by atoms with E-state index in [4.69, 9.17) is 4.42 Å². The molecule has 0 radical (unpaired) electrons. The zero-order chi connectivity index (χ0) is 22.9. The Balaban J connectivity index is 2.13. The molecule has 1 aromatic heterocycles. The quantitative estimate of drug-likeness (QED) is 0.720. The average molecular weight is 426 g/mol. The van der Waals surface area contributed by atoms with Crippen LogP contribution in [0.4, 0.5) is 11.4 Å². The van der Waals surface area contributed by atoms with Crippen LogP contribution in [0.5, 0.6) is 0 Å². The summed E-state index contributed by atoms with van der Waals surface area (Å²) in [5, 5.41) is 22.0. The molecule has 1 unspecified atom stereocenters. The molecule has 0 bridgehead atoms. The van der Waals surface area contributed by atoms with Crippen LogP contribution in [-0.4, -0.2) is 45.4 Å². The first-order valence-corrected chi connectivity index (χ1v) is 11.7. The van der Waals surface area contributed by atoms with Gasteiger partial charge in [-0.2, -0.15) is 0 Å². The van der Waals surface area contributed by atoms with E-state index in [-0.39, 0.29) is 10.8 Å². The zero-order valence-corrected chi connectivity index (χ0v) is 20.5. The molecule has 0 amide bonds. The molecule has 4 rings (SSSR count). The molecule has 170 valence electrons. The van der Waals surface area contributed by atoms with E-state index in [1.807, 2.05) is 33.1 Å². The smallest absolute Gasteiger partial charge is 0.461 e. The number of hydrogen-bond donors (Lipinski definition) is 2. The minimum Gasteiger partial charge on any atom is -0.461 e. The molecular formula is C25H39BN2O3. The largest absolute Gasteiger partial charge is 0.494 e. The topological polar surface area (TPSA) is 60.1 Å². The Hall–Kier alpha value is -1.66. The molecule has 1 aromatic carbocycles. The van der Waals surface area contributed by atoms with Crippen molar-refractivity contribution in [2.45, 2.75) is 71.1 Å². The summed E-state index contributed by atoms with van der Waals surface area (Å²) in [6, 6.07) is 2.22. The first kappa shape index (κ1) is 22.5. The fourth-order valence-electron chi connectivity index (χ4n) is 6.92. The molecule has 5 nitrogen and oxygen atoms in total. The summed E-state index contributed by atoms with van der Waals surface area (Å²) in [7, 11) is 6.31. The van der Waals surface area contributed by atoms with E-state index in [1.165, 1.54) is 24.8 Å². The van der Waals surface area contributed by atoms with Gasteiger partial charge in [-0.25, -0.2) is 0 Å². The van der Waals surface area contributed by atoms with E-state index >= 15 is 0 Å². The Morgan fingerprint density at radius 2 is 1.71 bits per heavy atom. The lowest BCUT2D eigenvalue weighted by Crippen LogP contribution is -2.44. The van der Waals surface area contributed by atoms with Crippen LogP contribution in [0, 0.1) is 11.3 Å².